The molecule has 1 unspecified atom stereocenters. The Bertz CT molecular complexity index is 1300. The van der Waals surface area contributed by atoms with Crippen LogP contribution < -0.4 is 10.1 Å². The molecule has 1 aliphatic heterocycles. The molecule has 0 radical (unpaired) electrons. The molecule has 0 aliphatic carbocycles. The quantitative estimate of drug-likeness (QED) is 0.454. The molecule has 1 N–H and O–H groups in total. The molecular formula is C27H27N5O2. The van der Waals surface area contributed by atoms with Crippen molar-refractivity contribution in [2.24, 2.45) is 0 Å². The SMILES string of the molecule is CCc1ccc(COc2nc3cnn(CC4CNCCO4)c3cc2-c2ccc(C#N)cc2)cc1. The van der Waals surface area contributed by atoms with E-state index in [0.717, 1.165) is 47.2 Å². The average Bonchev–Trinajstić information content (AvgIpc) is 3.29. The van der Waals surface area contributed by atoms with Gasteiger partial charge in [-0.15, -0.1) is 0 Å². The third-order valence-corrected chi connectivity index (χ3v) is 6.11. The first-order valence-electron chi connectivity index (χ1n) is 11.6. The molecule has 2 aromatic carbocycles. The van der Waals surface area contributed by atoms with E-state index < -0.39 is 0 Å². The van der Waals surface area contributed by atoms with Crippen molar-refractivity contribution in [2.45, 2.75) is 32.6 Å². The fourth-order valence-corrected chi connectivity index (χ4v) is 4.13. The molecule has 0 bridgehead atoms. The van der Waals surface area contributed by atoms with Crippen molar-refractivity contribution in [3.05, 3.63) is 77.5 Å². The minimum Gasteiger partial charge on any atom is -0.472 e. The number of nitrogens with one attached hydrogen (secondary N) is 1. The van der Waals surface area contributed by atoms with E-state index in [1.54, 1.807) is 6.20 Å². The van der Waals surface area contributed by atoms with E-state index in [0.29, 0.717) is 31.2 Å². The van der Waals surface area contributed by atoms with Crippen LogP contribution in [0.2, 0.25) is 0 Å². The Kier molecular flexibility index (Phi) is 6.52. The van der Waals surface area contributed by atoms with Gasteiger partial charge in [-0.3, -0.25) is 4.68 Å². The molecule has 1 atom stereocenters. The van der Waals surface area contributed by atoms with Crippen LogP contribution in [0.3, 0.4) is 0 Å². The van der Waals surface area contributed by atoms with Crippen LogP contribution >= 0.6 is 0 Å². The van der Waals surface area contributed by atoms with Crippen molar-refractivity contribution < 1.29 is 9.47 Å². The van der Waals surface area contributed by atoms with Crippen molar-refractivity contribution in [3.63, 3.8) is 0 Å². The maximum Gasteiger partial charge on any atom is 0.222 e. The molecule has 1 saturated heterocycles. The molecule has 3 heterocycles. The lowest BCUT2D eigenvalue weighted by molar-refractivity contribution is 0.0169. The van der Waals surface area contributed by atoms with Gasteiger partial charge in [-0.1, -0.05) is 43.3 Å². The Morgan fingerprint density at radius 3 is 2.65 bits per heavy atom. The van der Waals surface area contributed by atoms with Crippen LogP contribution in [0.4, 0.5) is 0 Å². The van der Waals surface area contributed by atoms with Crippen LogP contribution in [-0.2, 0) is 24.3 Å². The van der Waals surface area contributed by atoms with Gasteiger partial charge in [0.2, 0.25) is 5.88 Å². The second-order valence-corrected chi connectivity index (χ2v) is 8.42. The maximum absolute atomic E-state index is 9.19. The van der Waals surface area contributed by atoms with E-state index in [1.807, 2.05) is 28.9 Å². The van der Waals surface area contributed by atoms with E-state index in [-0.39, 0.29) is 6.10 Å². The Morgan fingerprint density at radius 1 is 1.15 bits per heavy atom. The van der Waals surface area contributed by atoms with Crippen molar-refractivity contribution in [3.8, 4) is 23.1 Å². The fraction of sp³-hybridized carbons (Fsp3) is 0.296. The van der Waals surface area contributed by atoms with E-state index in [4.69, 9.17) is 14.5 Å². The minimum absolute atomic E-state index is 0.0669. The largest absolute Gasteiger partial charge is 0.472 e. The first-order chi connectivity index (χ1) is 16.7. The van der Waals surface area contributed by atoms with Crippen molar-refractivity contribution in [1.82, 2.24) is 20.1 Å². The number of nitriles is 1. The number of aryl methyl sites for hydroxylation is 1. The summed E-state index contributed by atoms with van der Waals surface area (Å²) in [5, 5.41) is 17.1. The summed E-state index contributed by atoms with van der Waals surface area (Å²) in [6, 6.07) is 20.2. The third kappa shape index (κ3) is 4.79. The highest BCUT2D eigenvalue weighted by molar-refractivity contribution is 5.83. The minimum atomic E-state index is 0.0669. The van der Waals surface area contributed by atoms with Gasteiger partial charge in [0.05, 0.1) is 42.6 Å². The van der Waals surface area contributed by atoms with E-state index in [1.165, 1.54) is 5.56 Å². The topological polar surface area (TPSA) is 85.0 Å². The van der Waals surface area contributed by atoms with Crippen molar-refractivity contribution in [1.29, 1.82) is 5.26 Å². The lowest BCUT2D eigenvalue weighted by Crippen LogP contribution is -2.40. The van der Waals surface area contributed by atoms with E-state index in [9.17, 15) is 5.26 Å². The number of rotatable bonds is 7. The molecule has 0 amide bonds. The molecule has 34 heavy (non-hydrogen) atoms. The van der Waals surface area contributed by atoms with Crippen molar-refractivity contribution >= 4 is 11.0 Å². The van der Waals surface area contributed by atoms with Crippen molar-refractivity contribution in [2.75, 3.05) is 19.7 Å². The highest BCUT2D eigenvalue weighted by Gasteiger charge is 2.18. The van der Waals surface area contributed by atoms with Gasteiger partial charge in [0.15, 0.2) is 0 Å². The zero-order valence-electron chi connectivity index (χ0n) is 19.2. The normalized spacial score (nSPS) is 15.8. The molecule has 4 aromatic rings. The molecule has 1 fully saturated rings. The van der Waals surface area contributed by atoms with Crippen LogP contribution in [0.5, 0.6) is 5.88 Å². The maximum atomic E-state index is 9.19. The second-order valence-electron chi connectivity index (χ2n) is 8.42. The average molecular weight is 454 g/mol. The molecule has 5 rings (SSSR count). The molecule has 7 heteroatoms. The molecule has 7 nitrogen and oxygen atoms in total. The van der Waals surface area contributed by atoms with Crippen LogP contribution in [-0.4, -0.2) is 40.6 Å². The number of fused-ring (bicyclic) bond motifs is 1. The summed E-state index contributed by atoms with van der Waals surface area (Å²) >= 11 is 0. The number of ether oxygens (including phenoxy) is 2. The standard InChI is InChI=1S/C27H27N5O2/c1-2-19-3-5-21(6-4-19)18-34-27-24(22-9-7-20(14-28)8-10-22)13-26-25(31-27)16-30-32(26)17-23-15-29-11-12-33-23/h3-10,13,16,23,29H,2,11-12,15,17-18H2,1H3. The summed E-state index contributed by atoms with van der Waals surface area (Å²) in [5.74, 6) is 0.548. The number of hydrogen-bond acceptors (Lipinski definition) is 6. The summed E-state index contributed by atoms with van der Waals surface area (Å²) in [4.78, 5) is 4.83. The van der Waals surface area contributed by atoms with Gasteiger partial charge in [-0.05, 0) is 41.3 Å². The molecule has 0 saturated carbocycles. The zero-order valence-corrected chi connectivity index (χ0v) is 19.2. The lowest BCUT2D eigenvalue weighted by atomic mass is 10.0. The molecule has 1 aliphatic rings. The zero-order chi connectivity index (χ0) is 23.3. The number of morpholine rings is 1. The van der Waals surface area contributed by atoms with Crippen LogP contribution in [0.1, 0.15) is 23.6 Å². The van der Waals surface area contributed by atoms with Gasteiger partial charge in [-0.2, -0.15) is 10.4 Å². The van der Waals surface area contributed by atoms with Gasteiger partial charge < -0.3 is 14.8 Å². The Morgan fingerprint density at radius 2 is 1.94 bits per heavy atom. The summed E-state index contributed by atoms with van der Waals surface area (Å²) in [5.41, 5.74) is 6.50. The lowest BCUT2D eigenvalue weighted by Gasteiger charge is -2.23. The Balaban J connectivity index is 1.49. The van der Waals surface area contributed by atoms with Gasteiger partial charge in [0, 0.05) is 18.7 Å². The Labute approximate surface area is 199 Å². The highest BCUT2D eigenvalue weighted by atomic mass is 16.5. The van der Waals surface area contributed by atoms with Crippen LogP contribution in [0, 0.1) is 11.3 Å². The van der Waals surface area contributed by atoms with Gasteiger partial charge in [-0.25, -0.2) is 4.98 Å². The number of benzene rings is 2. The van der Waals surface area contributed by atoms with Gasteiger partial charge >= 0.3 is 0 Å². The Hall–Kier alpha value is -3.73. The highest BCUT2D eigenvalue weighted by Crippen LogP contribution is 2.32. The summed E-state index contributed by atoms with van der Waals surface area (Å²) in [6.45, 7) is 5.59. The van der Waals surface area contributed by atoms with Crippen LogP contribution in [0.15, 0.2) is 60.8 Å². The first-order valence-corrected chi connectivity index (χ1v) is 11.6. The number of hydrogen-bond donors (Lipinski definition) is 1. The number of nitrogens with zero attached hydrogens (tertiary/aromatic N) is 4. The van der Waals surface area contributed by atoms with Gasteiger partial charge in [0.25, 0.3) is 0 Å². The van der Waals surface area contributed by atoms with Gasteiger partial charge in [0.1, 0.15) is 12.1 Å². The fourth-order valence-electron chi connectivity index (χ4n) is 4.13. The first kappa shape index (κ1) is 22.1. The second kappa shape index (κ2) is 10.0. The number of aromatic nitrogens is 3. The predicted molar refractivity (Wildman–Crippen MR) is 130 cm³/mol. The number of pyridine rings is 1. The molecular weight excluding hydrogens is 426 g/mol. The van der Waals surface area contributed by atoms with E-state index in [2.05, 4.69) is 53.7 Å². The monoisotopic (exact) mass is 453 g/mol. The molecule has 0 spiro atoms. The predicted octanol–water partition coefficient (Wildman–Crippen LogP) is 4.10. The summed E-state index contributed by atoms with van der Waals surface area (Å²) in [6.07, 6.45) is 2.85. The van der Waals surface area contributed by atoms with Crippen LogP contribution in [0.25, 0.3) is 22.2 Å². The summed E-state index contributed by atoms with van der Waals surface area (Å²) < 4.78 is 14.0. The molecule has 2 aromatic heterocycles. The molecule has 172 valence electrons. The van der Waals surface area contributed by atoms with E-state index >= 15 is 0 Å². The smallest absolute Gasteiger partial charge is 0.222 e. The third-order valence-electron chi connectivity index (χ3n) is 6.11. The summed E-state index contributed by atoms with van der Waals surface area (Å²) in [7, 11) is 0.